The van der Waals surface area contributed by atoms with Crippen LogP contribution in [0.2, 0.25) is 0 Å². The normalized spacial score (nSPS) is 21.6. The van der Waals surface area contributed by atoms with Crippen LogP contribution in [0.25, 0.3) is 0 Å². The monoisotopic (exact) mass is 260 g/mol. The molecule has 0 bridgehead atoms. The van der Waals surface area contributed by atoms with Gasteiger partial charge in [-0.3, -0.25) is 0 Å². The second-order valence-corrected chi connectivity index (χ2v) is 6.21. The van der Waals surface area contributed by atoms with Crippen molar-refractivity contribution >= 4 is 0 Å². The summed E-state index contributed by atoms with van der Waals surface area (Å²) in [5.74, 6) is 0. The van der Waals surface area contributed by atoms with Gasteiger partial charge < -0.3 is 5.11 Å². The van der Waals surface area contributed by atoms with E-state index in [2.05, 4.69) is 32.0 Å². The van der Waals surface area contributed by atoms with Crippen LogP contribution in [0.1, 0.15) is 75.0 Å². The van der Waals surface area contributed by atoms with E-state index in [1.807, 2.05) is 0 Å². The average Bonchev–Trinajstić information content (AvgIpc) is 2.72. The molecule has 1 aromatic rings. The van der Waals surface area contributed by atoms with Gasteiger partial charge in [0, 0.05) is 0 Å². The SMILES string of the molecule is CCCCCCCCC1(O)CCc2ccc(C)cc21. The highest BCUT2D eigenvalue weighted by atomic mass is 16.3. The number of hydrogen-bond donors (Lipinski definition) is 1. The van der Waals surface area contributed by atoms with Gasteiger partial charge in [0.25, 0.3) is 0 Å². The molecule has 0 saturated heterocycles. The second kappa shape index (κ2) is 6.56. The highest BCUT2D eigenvalue weighted by molar-refractivity contribution is 5.39. The van der Waals surface area contributed by atoms with E-state index >= 15 is 0 Å². The van der Waals surface area contributed by atoms with Crippen LogP contribution in [0.15, 0.2) is 18.2 Å². The molecule has 106 valence electrons. The van der Waals surface area contributed by atoms with Gasteiger partial charge in [-0.1, -0.05) is 69.2 Å². The van der Waals surface area contributed by atoms with Gasteiger partial charge in [-0.15, -0.1) is 0 Å². The van der Waals surface area contributed by atoms with Crippen molar-refractivity contribution in [2.45, 2.75) is 77.2 Å². The van der Waals surface area contributed by atoms with E-state index < -0.39 is 5.60 Å². The maximum absolute atomic E-state index is 10.9. The molecule has 0 heterocycles. The molecular formula is C18H28O. The Morgan fingerprint density at radius 3 is 2.63 bits per heavy atom. The van der Waals surface area contributed by atoms with Crippen molar-refractivity contribution in [3.8, 4) is 0 Å². The van der Waals surface area contributed by atoms with Gasteiger partial charge in [-0.25, -0.2) is 0 Å². The van der Waals surface area contributed by atoms with Crippen LogP contribution in [0, 0.1) is 6.92 Å². The Bertz CT molecular complexity index is 410. The lowest BCUT2D eigenvalue weighted by Gasteiger charge is -2.24. The van der Waals surface area contributed by atoms with Crippen LogP contribution in [0.4, 0.5) is 0 Å². The third-order valence-corrected chi connectivity index (χ3v) is 4.52. The summed E-state index contributed by atoms with van der Waals surface area (Å²) in [5, 5.41) is 10.9. The Hall–Kier alpha value is -0.820. The quantitative estimate of drug-likeness (QED) is 0.693. The highest BCUT2D eigenvalue weighted by Gasteiger charge is 2.35. The standard InChI is InChI=1S/C18H28O/c1-3-4-5-6-7-8-12-18(19)13-11-16-10-9-15(2)14-17(16)18/h9-10,14,19H,3-8,11-13H2,1-2H3. The number of unbranched alkanes of at least 4 members (excludes halogenated alkanes) is 5. The minimum atomic E-state index is -0.536. The number of hydrogen-bond acceptors (Lipinski definition) is 1. The van der Waals surface area contributed by atoms with E-state index in [9.17, 15) is 5.11 Å². The Labute approximate surface area is 118 Å². The number of aliphatic hydroxyl groups is 1. The molecular weight excluding hydrogens is 232 g/mol. The minimum absolute atomic E-state index is 0.536. The topological polar surface area (TPSA) is 20.2 Å². The van der Waals surface area contributed by atoms with Gasteiger partial charge in [-0.05, 0) is 37.3 Å². The molecule has 0 amide bonds. The lowest BCUT2D eigenvalue weighted by atomic mass is 9.89. The molecule has 1 aromatic carbocycles. The summed E-state index contributed by atoms with van der Waals surface area (Å²) < 4.78 is 0. The smallest absolute Gasteiger partial charge is 0.0902 e. The Kier molecular flexibility index (Phi) is 5.04. The fourth-order valence-electron chi connectivity index (χ4n) is 3.28. The maximum atomic E-state index is 10.9. The first-order valence-electron chi connectivity index (χ1n) is 7.98. The lowest BCUT2D eigenvalue weighted by molar-refractivity contribution is 0.0267. The summed E-state index contributed by atoms with van der Waals surface area (Å²) in [7, 11) is 0. The molecule has 1 aliphatic rings. The molecule has 0 radical (unpaired) electrons. The van der Waals surface area contributed by atoms with Crippen LogP contribution in [0.3, 0.4) is 0 Å². The van der Waals surface area contributed by atoms with Crippen molar-refractivity contribution in [2.24, 2.45) is 0 Å². The summed E-state index contributed by atoms with van der Waals surface area (Å²) in [4.78, 5) is 0. The Morgan fingerprint density at radius 1 is 1.11 bits per heavy atom. The average molecular weight is 260 g/mol. The lowest BCUT2D eigenvalue weighted by Crippen LogP contribution is -2.22. The predicted octanol–water partition coefficient (Wildman–Crippen LogP) is 4.88. The molecule has 1 heteroatoms. The minimum Gasteiger partial charge on any atom is -0.385 e. The molecule has 0 fully saturated rings. The van der Waals surface area contributed by atoms with E-state index in [1.165, 1.54) is 48.8 Å². The summed E-state index contributed by atoms with van der Waals surface area (Å²) in [6.45, 7) is 4.37. The molecule has 1 unspecified atom stereocenters. The molecule has 1 aliphatic carbocycles. The van der Waals surface area contributed by atoms with Crippen molar-refractivity contribution in [3.63, 3.8) is 0 Å². The van der Waals surface area contributed by atoms with E-state index in [0.717, 1.165) is 25.7 Å². The zero-order valence-electron chi connectivity index (χ0n) is 12.5. The molecule has 1 N–H and O–H groups in total. The van der Waals surface area contributed by atoms with Crippen molar-refractivity contribution in [3.05, 3.63) is 34.9 Å². The van der Waals surface area contributed by atoms with Crippen LogP contribution in [0.5, 0.6) is 0 Å². The Morgan fingerprint density at radius 2 is 1.84 bits per heavy atom. The molecule has 1 atom stereocenters. The Balaban J connectivity index is 1.86. The van der Waals surface area contributed by atoms with Gasteiger partial charge in [0.1, 0.15) is 0 Å². The number of fused-ring (bicyclic) bond motifs is 1. The first kappa shape index (κ1) is 14.6. The van der Waals surface area contributed by atoms with Crippen LogP contribution in [-0.2, 0) is 12.0 Å². The van der Waals surface area contributed by atoms with Gasteiger partial charge in [0.2, 0.25) is 0 Å². The fraction of sp³-hybridized carbons (Fsp3) is 0.667. The number of benzene rings is 1. The van der Waals surface area contributed by atoms with Crippen LogP contribution >= 0.6 is 0 Å². The van der Waals surface area contributed by atoms with E-state index in [4.69, 9.17) is 0 Å². The summed E-state index contributed by atoms with van der Waals surface area (Å²) in [6, 6.07) is 6.55. The van der Waals surface area contributed by atoms with Gasteiger partial charge >= 0.3 is 0 Å². The summed E-state index contributed by atoms with van der Waals surface area (Å²) >= 11 is 0. The molecule has 2 rings (SSSR count). The van der Waals surface area contributed by atoms with Gasteiger partial charge in [-0.2, -0.15) is 0 Å². The largest absolute Gasteiger partial charge is 0.385 e. The third kappa shape index (κ3) is 3.60. The summed E-state index contributed by atoms with van der Waals surface area (Å²) in [6.07, 6.45) is 10.7. The van der Waals surface area contributed by atoms with E-state index in [-0.39, 0.29) is 0 Å². The first-order valence-corrected chi connectivity index (χ1v) is 7.98. The molecule has 0 saturated carbocycles. The third-order valence-electron chi connectivity index (χ3n) is 4.52. The van der Waals surface area contributed by atoms with E-state index in [1.54, 1.807) is 0 Å². The number of rotatable bonds is 7. The summed E-state index contributed by atoms with van der Waals surface area (Å²) in [5.41, 5.74) is 3.30. The van der Waals surface area contributed by atoms with E-state index in [0.29, 0.717) is 0 Å². The molecule has 0 aromatic heterocycles. The maximum Gasteiger partial charge on any atom is 0.0902 e. The molecule has 0 aliphatic heterocycles. The molecule has 0 spiro atoms. The van der Waals surface area contributed by atoms with Crippen molar-refractivity contribution in [1.29, 1.82) is 0 Å². The van der Waals surface area contributed by atoms with Gasteiger partial charge in [0.05, 0.1) is 5.60 Å². The molecule has 1 nitrogen and oxygen atoms in total. The zero-order chi connectivity index (χ0) is 13.7. The van der Waals surface area contributed by atoms with Crippen molar-refractivity contribution in [2.75, 3.05) is 0 Å². The number of aryl methyl sites for hydroxylation is 2. The van der Waals surface area contributed by atoms with Crippen LogP contribution in [-0.4, -0.2) is 5.11 Å². The van der Waals surface area contributed by atoms with Crippen molar-refractivity contribution in [1.82, 2.24) is 0 Å². The zero-order valence-corrected chi connectivity index (χ0v) is 12.5. The predicted molar refractivity (Wildman–Crippen MR) is 81.4 cm³/mol. The molecule has 19 heavy (non-hydrogen) atoms. The van der Waals surface area contributed by atoms with Gasteiger partial charge in [0.15, 0.2) is 0 Å². The first-order chi connectivity index (χ1) is 9.15. The van der Waals surface area contributed by atoms with Crippen molar-refractivity contribution < 1.29 is 5.11 Å². The van der Waals surface area contributed by atoms with Crippen LogP contribution < -0.4 is 0 Å². The fourth-order valence-corrected chi connectivity index (χ4v) is 3.28. The highest BCUT2D eigenvalue weighted by Crippen LogP contribution is 2.40. The second-order valence-electron chi connectivity index (χ2n) is 6.21.